The second kappa shape index (κ2) is 6.76. The van der Waals surface area contributed by atoms with Crippen molar-refractivity contribution in [2.24, 2.45) is 11.8 Å². The minimum atomic E-state index is -0.143. The van der Waals surface area contributed by atoms with Crippen molar-refractivity contribution in [2.75, 3.05) is 34.4 Å². The number of nitrogens with zero attached hydrogens (tertiary/aromatic N) is 2. The zero-order valence-electron chi connectivity index (χ0n) is 13.0. The first kappa shape index (κ1) is 15.6. The molecule has 0 bridgehead atoms. The van der Waals surface area contributed by atoms with E-state index in [1.165, 1.54) is 7.11 Å². The summed E-state index contributed by atoms with van der Waals surface area (Å²) in [7, 11) is 4.64. The molecular formula is C15H22N2O4. The number of likely N-dealkylation sites (tertiary alicyclic amines) is 1. The Morgan fingerprint density at radius 1 is 1.33 bits per heavy atom. The number of carbonyl (C=O) groups excluding carboxylic acids is 1. The molecule has 6 heteroatoms. The van der Waals surface area contributed by atoms with E-state index in [1.54, 1.807) is 26.5 Å². The van der Waals surface area contributed by atoms with Gasteiger partial charge in [-0.25, -0.2) is 0 Å². The summed E-state index contributed by atoms with van der Waals surface area (Å²) in [4.78, 5) is 18.3. The molecule has 21 heavy (non-hydrogen) atoms. The molecule has 2 atom stereocenters. The van der Waals surface area contributed by atoms with Gasteiger partial charge in [-0.05, 0) is 5.92 Å². The van der Waals surface area contributed by atoms with E-state index in [0.29, 0.717) is 24.6 Å². The molecule has 0 amide bonds. The molecule has 6 nitrogen and oxygen atoms in total. The molecule has 2 unspecified atom stereocenters. The highest BCUT2D eigenvalue weighted by atomic mass is 16.5. The lowest BCUT2D eigenvalue weighted by Gasteiger charge is -2.18. The van der Waals surface area contributed by atoms with Gasteiger partial charge in [0, 0.05) is 31.9 Å². The number of carbonyl (C=O) groups is 1. The number of hydrogen-bond acceptors (Lipinski definition) is 6. The van der Waals surface area contributed by atoms with Crippen LogP contribution in [-0.4, -0.2) is 50.3 Å². The Balaban J connectivity index is 2.11. The first-order valence-electron chi connectivity index (χ1n) is 6.96. The van der Waals surface area contributed by atoms with Gasteiger partial charge in [-0.1, -0.05) is 6.92 Å². The molecule has 0 saturated carbocycles. The van der Waals surface area contributed by atoms with E-state index in [2.05, 4.69) is 16.8 Å². The van der Waals surface area contributed by atoms with Gasteiger partial charge in [0.15, 0.2) is 11.5 Å². The number of rotatable bonds is 5. The van der Waals surface area contributed by atoms with Gasteiger partial charge >= 0.3 is 5.97 Å². The van der Waals surface area contributed by atoms with Gasteiger partial charge in [0.25, 0.3) is 0 Å². The fourth-order valence-electron chi connectivity index (χ4n) is 2.83. The van der Waals surface area contributed by atoms with Crippen molar-refractivity contribution < 1.29 is 19.0 Å². The van der Waals surface area contributed by atoms with E-state index in [-0.39, 0.29) is 17.8 Å². The van der Waals surface area contributed by atoms with Gasteiger partial charge in [0.2, 0.25) is 0 Å². The first-order valence-corrected chi connectivity index (χ1v) is 6.96. The van der Waals surface area contributed by atoms with Gasteiger partial charge in [-0.2, -0.15) is 0 Å². The van der Waals surface area contributed by atoms with Crippen LogP contribution in [0.2, 0.25) is 0 Å². The van der Waals surface area contributed by atoms with Gasteiger partial charge in [-0.15, -0.1) is 0 Å². The SMILES string of the molecule is COC(=O)C1CN(Cc2nccc(OC)c2OC)CC1C. The van der Waals surface area contributed by atoms with Gasteiger partial charge in [0.05, 0.1) is 27.2 Å². The highest BCUT2D eigenvalue weighted by Gasteiger charge is 2.35. The Kier molecular flexibility index (Phi) is 5.01. The number of ether oxygens (including phenoxy) is 3. The maximum absolute atomic E-state index is 11.7. The maximum Gasteiger partial charge on any atom is 0.310 e. The molecule has 2 rings (SSSR count). The highest BCUT2D eigenvalue weighted by Crippen LogP contribution is 2.32. The zero-order valence-corrected chi connectivity index (χ0v) is 13.0. The molecular weight excluding hydrogens is 272 g/mol. The summed E-state index contributed by atoms with van der Waals surface area (Å²) in [5.74, 6) is 1.37. The summed E-state index contributed by atoms with van der Waals surface area (Å²) < 4.78 is 15.5. The van der Waals surface area contributed by atoms with Crippen molar-refractivity contribution in [2.45, 2.75) is 13.5 Å². The summed E-state index contributed by atoms with van der Waals surface area (Å²) in [5, 5.41) is 0. The predicted octanol–water partition coefficient (Wildman–Crippen LogP) is 1.34. The molecule has 0 spiro atoms. The molecule has 1 aromatic rings. The Morgan fingerprint density at radius 3 is 2.71 bits per heavy atom. The molecule has 0 N–H and O–H groups in total. The standard InChI is InChI=1S/C15H22N2O4/c1-10-7-17(8-11(10)15(18)21-4)9-12-14(20-3)13(19-2)5-6-16-12/h5-6,10-11H,7-9H2,1-4H3. The number of aromatic nitrogens is 1. The van der Waals surface area contributed by atoms with Crippen LogP contribution in [0.4, 0.5) is 0 Å². The van der Waals surface area contributed by atoms with Gasteiger partial charge < -0.3 is 14.2 Å². The monoisotopic (exact) mass is 294 g/mol. The van der Waals surface area contributed by atoms with Crippen LogP contribution in [0.3, 0.4) is 0 Å². The lowest BCUT2D eigenvalue weighted by atomic mass is 9.99. The van der Waals surface area contributed by atoms with Gasteiger partial charge in [-0.3, -0.25) is 14.7 Å². The molecule has 1 aliphatic heterocycles. The third-order valence-electron chi connectivity index (χ3n) is 3.93. The van der Waals surface area contributed by atoms with Crippen molar-refractivity contribution in [3.8, 4) is 11.5 Å². The quantitative estimate of drug-likeness (QED) is 0.764. The van der Waals surface area contributed by atoms with Crippen LogP contribution < -0.4 is 9.47 Å². The minimum absolute atomic E-state index is 0.0772. The van der Waals surface area contributed by atoms with E-state index >= 15 is 0 Å². The largest absolute Gasteiger partial charge is 0.493 e. The van der Waals surface area contributed by atoms with Crippen LogP contribution in [0.1, 0.15) is 12.6 Å². The van der Waals surface area contributed by atoms with E-state index in [0.717, 1.165) is 12.2 Å². The summed E-state index contributed by atoms with van der Waals surface area (Å²) in [6.07, 6.45) is 1.70. The van der Waals surface area contributed by atoms with Crippen molar-refractivity contribution in [1.29, 1.82) is 0 Å². The van der Waals surface area contributed by atoms with Crippen molar-refractivity contribution in [3.63, 3.8) is 0 Å². The van der Waals surface area contributed by atoms with Crippen molar-refractivity contribution >= 4 is 5.97 Å². The summed E-state index contributed by atoms with van der Waals surface area (Å²) in [6.45, 7) is 4.20. The molecule has 2 heterocycles. The van der Waals surface area contributed by atoms with Crippen molar-refractivity contribution in [3.05, 3.63) is 18.0 Å². The minimum Gasteiger partial charge on any atom is -0.493 e. The van der Waals surface area contributed by atoms with E-state index < -0.39 is 0 Å². The van der Waals surface area contributed by atoms with Crippen LogP contribution in [-0.2, 0) is 16.1 Å². The summed E-state index contributed by atoms with van der Waals surface area (Å²) in [5.41, 5.74) is 0.814. The average Bonchev–Trinajstić information content (AvgIpc) is 2.86. The lowest BCUT2D eigenvalue weighted by molar-refractivity contribution is -0.146. The van der Waals surface area contributed by atoms with Gasteiger partial charge in [0.1, 0.15) is 5.69 Å². The van der Waals surface area contributed by atoms with E-state index in [1.807, 2.05) is 0 Å². The Hall–Kier alpha value is -1.82. The van der Waals surface area contributed by atoms with Crippen molar-refractivity contribution in [1.82, 2.24) is 9.88 Å². The third-order valence-corrected chi connectivity index (χ3v) is 3.93. The Morgan fingerprint density at radius 2 is 2.10 bits per heavy atom. The zero-order chi connectivity index (χ0) is 15.4. The number of hydrogen-bond donors (Lipinski definition) is 0. The first-order chi connectivity index (χ1) is 10.1. The molecule has 1 aromatic heterocycles. The van der Waals surface area contributed by atoms with E-state index in [4.69, 9.17) is 14.2 Å². The average molecular weight is 294 g/mol. The normalized spacial score (nSPS) is 22.1. The second-order valence-electron chi connectivity index (χ2n) is 5.29. The second-order valence-corrected chi connectivity index (χ2v) is 5.29. The fraction of sp³-hybridized carbons (Fsp3) is 0.600. The molecule has 0 aliphatic carbocycles. The number of methoxy groups -OCH3 is 3. The number of esters is 1. The van der Waals surface area contributed by atoms with Crippen LogP contribution in [0, 0.1) is 11.8 Å². The molecule has 1 saturated heterocycles. The summed E-state index contributed by atoms with van der Waals surface area (Å²) >= 11 is 0. The highest BCUT2D eigenvalue weighted by molar-refractivity contribution is 5.73. The van der Waals surface area contributed by atoms with Crippen LogP contribution in [0.25, 0.3) is 0 Å². The smallest absolute Gasteiger partial charge is 0.310 e. The van der Waals surface area contributed by atoms with E-state index in [9.17, 15) is 4.79 Å². The van der Waals surface area contributed by atoms with Crippen LogP contribution in [0.5, 0.6) is 11.5 Å². The fourth-order valence-corrected chi connectivity index (χ4v) is 2.83. The Labute approximate surface area is 125 Å². The summed E-state index contributed by atoms with van der Waals surface area (Å²) in [6, 6.07) is 1.77. The molecule has 0 aromatic carbocycles. The van der Waals surface area contributed by atoms with Crippen LogP contribution >= 0.6 is 0 Å². The third kappa shape index (κ3) is 3.26. The number of pyridine rings is 1. The predicted molar refractivity (Wildman–Crippen MR) is 77.3 cm³/mol. The lowest BCUT2D eigenvalue weighted by Crippen LogP contribution is -2.24. The van der Waals surface area contributed by atoms with Crippen LogP contribution in [0.15, 0.2) is 12.3 Å². The topological polar surface area (TPSA) is 60.9 Å². The molecule has 116 valence electrons. The maximum atomic E-state index is 11.7. The Bertz CT molecular complexity index is 506. The molecule has 1 aliphatic rings. The molecule has 0 radical (unpaired) electrons. The molecule has 1 fully saturated rings.